The molecule has 98 valence electrons. The second kappa shape index (κ2) is 4.63. The fourth-order valence-corrected chi connectivity index (χ4v) is 2.18. The van der Waals surface area contributed by atoms with Crippen LogP contribution in [0.4, 0.5) is 10.5 Å². The molecule has 0 aromatic heterocycles. The quantitative estimate of drug-likeness (QED) is 0.759. The maximum Gasteiger partial charge on any atom is 0.414 e. The maximum absolute atomic E-state index is 12.1. The van der Waals surface area contributed by atoms with Crippen molar-refractivity contribution in [1.29, 1.82) is 0 Å². The van der Waals surface area contributed by atoms with Gasteiger partial charge in [0.25, 0.3) is 0 Å². The maximum atomic E-state index is 12.1. The van der Waals surface area contributed by atoms with E-state index < -0.39 is 5.60 Å². The van der Waals surface area contributed by atoms with Crippen molar-refractivity contribution in [3.8, 4) is 0 Å². The van der Waals surface area contributed by atoms with Crippen molar-refractivity contribution < 1.29 is 9.53 Å². The minimum atomic E-state index is -0.441. The van der Waals surface area contributed by atoms with Crippen LogP contribution in [0.2, 0.25) is 0 Å². The van der Waals surface area contributed by atoms with E-state index in [2.05, 4.69) is 19.1 Å². The van der Waals surface area contributed by atoms with Crippen LogP contribution in [-0.2, 0) is 17.6 Å². The van der Waals surface area contributed by atoms with Crippen LogP contribution in [0.25, 0.3) is 0 Å². The molecule has 2 rings (SSSR count). The number of aryl methyl sites for hydroxylation is 1. The zero-order valence-electron chi connectivity index (χ0n) is 11.6. The van der Waals surface area contributed by atoms with Crippen LogP contribution in [0.3, 0.4) is 0 Å². The monoisotopic (exact) mass is 247 g/mol. The summed E-state index contributed by atoms with van der Waals surface area (Å²) in [4.78, 5) is 13.8. The van der Waals surface area contributed by atoms with Gasteiger partial charge < -0.3 is 4.74 Å². The first-order valence-corrected chi connectivity index (χ1v) is 6.53. The lowest BCUT2D eigenvalue weighted by Gasteiger charge is -2.24. The summed E-state index contributed by atoms with van der Waals surface area (Å²) in [5, 5.41) is 0. The molecule has 1 aliphatic heterocycles. The summed E-state index contributed by atoms with van der Waals surface area (Å²) in [6.45, 7) is 8.53. The first-order chi connectivity index (χ1) is 8.40. The molecule has 3 nitrogen and oxygen atoms in total. The molecule has 0 spiro atoms. The van der Waals surface area contributed by atoms with Crippen molar-refractivity contribution >= 4 is 11.8 Å². The Morgan fingerprint density at radius 2 is 2.11 bits per heavy atom. The molecule has 0 fully saturated rings. The van der Waals surface area contributed by atoms with Crippen LogP contribution in [0, 0.1) is 0 Å². The van der Waals surface area contributed by atoms with Gasteiger partial charge in [-0.2, -0.15) is 0 Å². The fraction of sp³-hybridized carbons (Fsp3) is 0.533. The van der Waals surface area contributed by atoms with E-state index in [4.69, 9.17) is 4.74 Å². The summed E-state index contributed by atoms with van der Waals surface area (Å²) in [6, 6.07) is 6.31. The van der Waals surface area contributed by atoms with Gasteiger partial charge in [-0.05, 0) is 50.8 Å². The molecular weight excluding hydrogens is 226 g/mol. The Labute approximate surface area is 109 Å². The smallest absolute Gasteiger partial charge is 0.414 e. The van der Waals surface area contributed by atoms with E-state index in [0.717, 1.165) is 25.1 Å². The molecule has 1 aliphatic rings. The SMILES string of the molecule is CCc1ccc2c(c1)CCN2C(=O)OC(C)(C)C. The molecule has 18 heavy (non-hydrogen) atoms. The summed E-state index contributed by atoms with van der Waals surface area (Å²) in [5.74, 6) is 0. The van der Waals surface area contributed by atoms with Crippen molar-refractivity contribution in [2.75, 3.05) is 11.4 Å². The standard InChI is InChI=1S/C15H21NO2/c1-5-11-6-7-13-12(10-11)8-9-16(13)14(17)18-15(2,3)4/h6-7,10H,5,8-9H2,1-4H3. The minimum Gasteiger partial charge on any atom is -0.443 e. The zero-order chi connectivity index (χ0) is 13.3. The molecule has 0 radical (unpaired) electrons. The van der Waals surface area contributed by atoms with Crippen LogP contribution >= 0.6 is 0 Å². The third kappa shape index (κ3) is 2.66. The molecule has 0 saturated heterocycles. The van der Waals surface area contributed by atoms with E-state index in [0.29, 0.717) is 0 Å². The molecule has 1 aromatic carbocycles. The summed E-state index contributed by atoms with van der Waals surface area (Å²) in [5.41, 5.74) is 3.13. The topological polar surface area (TPSA) is 29.5 Å². The summed E-state index contributed by atoms with van der Waals surface area (Å²) in [6.07, 6.45) is 1.70. The Balaban J connectivity index is 2.19. The van der Waals surface area contributed by atoms with Gasteiger partial charge in [0.1, 0.15) is 5.60 Å². The van der Waals surface area contributed by atoms with Gasteiger partial charge in [-0.1, -0.05) is 19.1 Å². The molecule has 0 aliphatic carbocycles. The number of carbonyl (C=O) groups is 1. The molecule has 0 bridgehead atoms. The number of ether oxygens (including phenoxy) is 1. The fourth-order valence-electron chi connectivity index (χ4n) is 2.18. The van der Waals surface area contributed by atoms with Crippen molar-refractivity contribution in [3.63, 3.8) is 0 Å². The Morgan fingerprint density at radius 1 is 1.39 bits per heavy atom. The number of fused-ring (bicyclic) bond motifs is 1. The number of nitrogens with zero attached hydrogens (tertiary/aromatic N) is 1. The van der Waals surface area contributed by atoms with E-state index in [1.54, 1.807) is 4.90 Å². The van der Waals surface area contributed by atoms with Crippen molar-refractivity contribution in [1.82, 2.24) is 0 Å². The van der Waals surface area contributed by atoms with Gasteiger partial charge in [0.05, 0.1) is 5.69 Å². The number of carbonyl (C=O) groups excluding carboxylic acids is 1. The van der Waals surface area contributed by atoms with Gasteiger partial charge in [-0.25, -0.2) is 4.79 Å². The van der Waals surface area contributed by atoms with Crippen molar-refractivity contribution in [3.05, 3.63) is 29.3 Å². The minimum absolute atomic E-state index is 0.245. The predicted molar refractivity (Wildman–Crippen MR) is 73.1 cm³/mol. The first kappa shape index (κ1) is 12.9. The Morgan fingerprint density at radius 3 is 2.72 bits per heavy atom. The van der Waals surface area contributed by atoms with E-state index in [1.165, 1.54) is 11.1 Å². The van der Waals surface area contributed by atoms with Crippen LogP contribution in [0.5, 0.6) is 0 Å². The van der Waals surface area contributed by atoms with E-state index in [9.17, 15) is 4.79 Å². The molecule has 0 atom stereocenters. The number of hydrogen-bond acceptors (Lipinski definition) is 2. The Hall–Kier alpha value is -1.51. The van der Waals surface area contributed by atoms with Crippen LogP contribution in [0.15, 0.2) is 18.2 Å². The Bertz CT molecular complexity index is 460. The van der Waals surface area contributed by atoms with Gasteiger partial charge in [0.2, 0.25) is 0 Å². The third-order valence-electron chi connectivity index (χ3n) is 3.06. The second-order valence-electron chi connectivity index (χ2n) is 5.70. The molecule has 3 heteroatoms. The highest BCUT2D eigenvalue weighted by molar-refractivity contribution is 5.90. The molecule has 0 N–H and O–H groups in total. The van der Waals surface area contributed by atoms with Crippen molar-refractivity contribution in [2.24, 2.45) is 0 Å². The normalized spacial score (nSPS) is 14.6. The van der Waals surface area contributed by atoms with E-state index in [1.807, 2.05) is 26.8 Å². The van der Waals surface area contributed by atoms with Crippen molar-refractivity contribution in [2.45, 2.75) is 46.1 Å². The van der Waals surface area contributed by atoms with Crippen LogP contribution in [0.1, 0.15) is 38.8 Å². The Kier molecular flexibility index (Phi) is 3.33. The number of hydrogen-bond donors (Lipinski definition) is 0. The van der Waals surface area contributed by atoms with Gasteiger partial charge in [-0.15, -0.1) is 0 Å². The van der Waals surface area contributed by atoms with Gasteiger partial charge in [0, 0.05) is 6.54 Å². The highest BCUT2D eigenvalue weighted by Gasteiger charge is 2.28. The number of anilines is 1. The van der Waals surface area contributed by atoms with Gasteiger partial charge in [-0.3, -0.25) is 4.90 Å². The zero-order valence-corrected chi connectivity index (χ0v) is 11.6. The number of amides is 1. The summed E-state index contributed by atoms with van der Waals surface area (Å²) >= 11 is 0. The highest BCUT2D eigenvalue weighted by atomic mass is 16.6. The summed E-state index contributed by atoms with van der Waals surface area (Å²) < 4.78 is 5.42. The number of benzene rings is 1. The van der Waals surface area contributed by atoms with E-state index >= 15 is 0 Å². The lowest BCUT2D eigenvalue weighted by Crippen LogP contribution is -2.35. The van der Waals surface area contributed by atoms with Crippen LogP contribution < -0.4 is 4.90 Å². The predicted octanol–water partition coefficient (Wildman–Crippen LogP) is 3.55. The van der Waals surface area contributed by atoms with Gasteiger partial charge in [0.15, 0.2) is 0 Å². The highest BCUT2D eigenvalue weighted by Crippen LogP contribution is 2.30. The average molecular weight is 247 g/mol. The summed E-state index contributed by atoms with van der Waals surface area (Å²) in [7, 11) is 0. The third-order valence-corrected chi connectivity index (χ3v) is 3.06. The molecule has 1 aromatic rings. The van der Waals surface area contributed by atoms with E-state index in [-0.39, 0.29) is 6.09 Å². The van der Waals surface area contributed by atoms with Crippen LogP contribution in [-0.4, -0.2) is 18.2 Å². The number of rotatable bonds is 1. The lowest BCUT2D eigenvalue weighted by atomic mass is 10.1. The second-order valence-corrected chi connectivity index (χ2v) is 5.70. The largest absolute Gasteiger partial charge is 0.443 e. The molecule has 0 unspecified atom stereocenters. The lowest BCUT2D eigenvalue weighted by molar-refractivity contribution is 0.0584. The molecule has 1 heterocycles. The molecule has 0 saturated carbocycles. The van der Waals surface area contributed by atoms with Gasteiger partial charge >= 0.3 is 6.09 Å². The first-order valence-electron chi connectivity index (χ1n) is 6.53. The molecular formula is C15H21NO2. The average Bonchev–Trinajstić information content (AvgIpc) is 2.69. The molecule has 1 amide bonds.